The predicted molar refractivity (Wildman–Crippen MR) is 97.6 cm³/mol. The van der Waals surface area contributed by atoms with E-state index in [9.17, 15) is 14.0 Å². The molecule has 7 heteroatoms. The van der Waals surface area contributed by atoms with Gasteiger partial charge in [-0.25, -0.2) is 4.39 Å². The summed E-state index contributed by atoms with van der Waals surface area (Å²) in [5.74, 6) is 0.394. The molecule has 0 atom stereocenters. The van der Waals surface area contributed by atoms with Crippen molar-refractivity contribution in [1.82, 2.24) is 15.1 Å². The van der Waals surface area contributed by atoms with Gasteiger partial charge in [-0.05, 0) is 49.2 Å². The third-order valence-electron chi connectivity index (χ3n) is 4.91. The van der Waals surface area contributed by atoms with Gasteiger partial charge in [0.1, 0.15) is 11.6 Å². The molecule has 1 aromatic carbocycles. The van der Waals surface area contributed by atoms with Gasteiger partial charge in [-0.3, -0.25) is 14.5 Å². The zero-order valence-electron chi connectivity index (χ0n) is 15.0. The van der Waals surface area contributed by atoms with Crippen LogP contribution in [0.1, 0.15) is 23.4 Å². The Kier molecular flexibility index (Phi) is 4.94. The lowest BCUT2D eigenvalue weighted by atomic mass is 10.2. The molecule has 2 aromatic rings. The molecule has 4 rings (SSSR count). The number of nitrogens with zero attached hydrogens (tertiary/aromatic N) is 2. The molecule has 142 valence electrons. The van der Waals surface area contributed by atoms with Crippen molar-refractivity contribution < 1.29 is 18.4 Å². The van der Waals surface area contributed by atoms with Crippen LogP contribution >= 0.6 is 0 Å². The molecule has 0 radical (unpaired) electrons. The van der Waals surface area contributed by atoms with Gasteiger partial charge in [-0.15, -0.1) is 0 Å². The first-order valence-electron chi connectivity index (χ1n) is 9.25. The van der Waals surface area contributed by atoms with E-state index in [0.29, 0.717) is 44.5 Å². The van der Waals surface area contributed by atoms with E-state index in [0.717, 1.165) is 18.4 Å². The van der Waals surface area contributed by atoms with E-state index >= 15 is 0 Å². The number of hydrogen-bond donors (Lipinski definition) is 1. The maximum absolute atomic E-state index is 13.0. The van der Waals surface area contributed by atoms with Crippen LogP contribution in [0.15, 0.2) is 40.8 Å². The number of benzene rings is 1. The monoisotopic (exact) mass is 371 g/mol. The number of carbonyl (C=O) groups excluding carboxylic acids is 2. The lowest BCUT2D eigenvalue weighted by Crippen LogP contribution is -2.51. The molecule has 1 aromatic heterocycles. The smallest absolute Gasteiger partial charge is 0.289 e. The summed E-state index contributed by atoms with van der Waals surface area (Å²) < 4.78 is 18.7. The Morgan fingerprint density at radius 3 is 2.41 bits per heavy atom. The summed E-state index contributed by atoms with van der Waals surface area (Å²) in [5.41, 5.74) is 0.724. The van der Waals surface area contributed by atoms with Crippen LogP contribution in [0.2, 0.25) is 0 Å². The topological polar surface area (TPSA) is 65.8 Å². The van der Waals surface area contributed by atoms with Crippen molar-refractivity contribution in [3.63, 3.8) is 0 Å². The van der Waals surface area contributed by atoms with Crippen LogP contribution in [-0.4, -0.2) is 60.4 Å². The summed E-state index contributed by atoms with van der Waals surface area (Å²) in [6, 6.07) is 9.70. The predicted octanol–water partition coefficient (Wildman–Crippen LogP) is 2.12. The number of rotatable bonds is 5. The second-order valence-corrected chi connectivity index (χ2v) is 7.08. The Labute approximate surface area is 156 Å². The first kappa shape index (κ1) is 17.7. The average molecular weight is 371 g/mol. The lowest BCUT2D eigenvalue weighted by Gasteiger charge is -2.33. The summed E-state index contributed by atoms with van der Waals surface area (Å²) >= 11 is 0. The molecule has 1 saturated heterocycles. The molecular formula is C20H22FN3O3. The molecule has 1 N–H and O–H groups in total. The van der Waals surface area contributed by atoms with Crippen LogP contribution in [0.4, 0.5) is 4.39 Å². The van der Waals surface area contributed by atoms with Gasteiger partial charge in [0.05, 0.1) is 6.54 Å². The minimum atomic E-state index is -0.315. The van der Waals surface area contributed by atoms with Crippen molar-refractivity contribution in [2.24, 2.45) is 0 Å². The van der Waals surface area contributed by atoms with Crippen molar-refractivity contribution in [2.45, 2.75) is 18.9 Å². The van der Waals surface area contributed by atoms with E-state index in [1.54, 1.807) is 29.2 Å². The van der Waals surface area contributed by atoms with Gasteiger partial charge < -0.3 is 14.6 Å². The van der Waals surface area contributed by atoms with Crippen molar-refractivity contribution in [2.75, 3.05) is 32.7 Å². The number of hydrogen-bond acceptors (Lipinski definition) is 4. The van der Waals surface area contributed by atoms with Crippen molar-refractivity contribution >= 4 is 11.8 Å². The minimum absolute atomic E-state index is 0.0623. The fourth-order valence-corrected chi connectivity index (χ4v) is 3.19. The van der Waals surface area contributed by atoms with Gasteiger partial charge in [0.15, 0.2) is 5.76 Å². The third kappa shape index (κ3) is 4.36. The SMILES string of the molecule is O=C(CN1CCN(C(=O)c2ccc(-c3ccc(F)cc3)o2)CC1)NC1CC1. The Hall–Kier alpha value is -2.67. The Bertz CT molecular complexity index is 821. The van der Waals surface area contributed by atoms with Gasteiger partial charge in [0, 0.05) is 37.8 Å². The van der Waals surface area contributed by atoms with Crippen LogP contribution in [0, 0.1) is 5.82 Å². The van der Waals surface area contributed by atoms with Gasteiger partial charge >= 0.3 is 0 Å². The number of carbonyl (C=O) groups is 2. The summed E-state index contributed by atoms with van der Waals surface area (Å²) in [6.45, 7) is 2.82. The molecule has 6 nitrogen and oxygen atoms in total. The average Bonchev–Trinajstić information content (AvgIpc) is 3.34. The van der Waals surface area contributed by atoms with E-state index < -0.39 is 0 Å². The highest BCUT2D eigenvalue weighted by atomic mass is 19.1. The maximum atomic E-state index is 13.0. The van der Waals surface area contributed by atoms with E-state index in [1.807, 2.05) is 0 Å². The second-order valence-electron chi connectivity index (χ2n) is 7.08. The number of amides is 2. The third-order valence-corrected chi connectivity index (χ3v) is 4.91. The Balaban J connectivity index is 1.31. The molecule has 0 bridgehead atoms. The maximum Gasteiger partial charge on any atom is 0.289 e. The molecule has 2 aliphatic rings. The molecule has 2 amide bonds. The first-order chi connectivity index (χ1) is 13.1. The Morgan fingerprint density at radius 1 is 1.04 bits per heavy atom. The lowest BCUT2D eigenvalue weighted by molar-refractivity contribution is -0.122. The molecule has 2 heterocycles. The van der Waals surface area contributed by atoms with E-state index in [4.69, 9.17) is 4.42 Å². The molecule has 2 fully saturated rings. The summed E-state index contributed by atoms with van der Waals surface area (Å²) in [4.78, 5) is 28.3. The summed E-state index contributed by atoms with van der Waals surface area (Å²) in [5, 5.41) is 2.98. The highest BCUT2D eigenvalue weighted by molar-refractivity contribution is 5.92. The molecule has 27 heavy (non-hydrogen) atoms. The van der Waals surface area contributed by atoms with E-state index in [-0.39, 0.29) is 23.4 Å². The molecule has 0 spiro atoms. The van der Waals surface area contributed by atoms with Crippen LogP contribution in [-0.2, 0) is 4.79 Å². The number of nitrogens with one attached hydrogen (secondary N) is 1. The normalized spacial score (nSPS) is 17.7. The number of furan rings is 1. The zero-order chi connectivity index (χ0) is 18.8. The number of piperazine rings is 1. The summed E-state index contributed by atoms with van der Waals surface area (Å²) in [7, 11) is 0. The van der Waals surface area contributed by atoms with Gasteiger partial charge in [0.25, 0.3) is 5.91 Å². The summed E-state index contributed by atoms with van der Waals surface area (Å²) in [6.07, 6.45) is 2.16. The van der Waals surface area contributed by atoms with Crippen LogP contribution in [0.5, 0.6) is 0 Å². The molecule has 1 aliphatic carbocycles. The van der Waals surface area contributed by atoms with E-state index in [2.05, 4.69) is 10.2 Å². The van der Waals surface area contributed by atoms with Gasteiger partial charge in [-0.1, -0.05) is 0 Å². The fourth-order valence-electron chi connectivity index (χ4n) is 3.19. The highest BCUT2D eigenvalue weighted by Gasteiger charge is 2.27. The zero-order valence-corrected chi connectivity index (χ0v) is 15.0. The minimum Gasteiger partial charge on any atom is -0.451 e. The fraction of sp³-hybridized carbons (Fsp3) is 0.400. The van der Waals surface area contributed by atoms with Crippen LogP contribution in [0.25, 0.3) is 11.3 Å². The Morgan fingerprint density at radius 2 is 1.74 bits per heavy atom. The van der Waals surface area contributed by atoms with E-state index in [1.165, 1.54) is 12.1 Å². The highest BCUT2D eigenvalue weighted by Crippen LogP contribution is 2.23. The van der Waals surface area contributed by atoms with Crippen molar-refractivity contribution in [3.8, 4) is 11.3 Å². The first-order valence-corrected chi connectivity index (χ1v) is 9.25. The molecule has 1 aliphatic heterocycles. The quantitative estimate of drug-likeness (QED) is 0.874. The number of halogens is 1. The molecule has 0 unspecified atom stereocenters. The van der Waals surface area contributed by atoms with Gasteiger partial charge in [0.2, 0.25) is 5.91 Å². The molecule has 1 saturated carbocycles. The van der Waals surface area contributed by atoms with Gasteiger partial charge in [-0.2, -0.15) is 0 Å². The standard InChI is InChI=1S/C20H22FN3O3/c21-15-3-1-14(2-4-15)17-7-8-18(27-17)20(26)24-11-9-23(10-12-24)13-19(25)22-16-5-6-16/h1-4,7-8,16H,5-6,9-13H2,(H,22,25). The van der Waals surface area contributed by atoms with Crippen molar-refractivity contribution in [3.05, 3.63) is 48.0 Å². The molecular weight excluding hydrogens is 349 g/mol. The van der Waals surface area contributed by atoms with Crippen LogP contribution < -0.4 is 5.32 Å². The van der Waals surface area contributed by atoms with Crippen LogP contribution in [0.3, 0.4) is 0 Å². The second kappa shape index (κ2) is 7.52. The largest absolute Gasteiger partial charge is 0.451 e. The van der Waals surface area contributed by atoms with Crippen molar-refractivity contribution in [1.29, 1.82) is 0 Å².